The Balaban J connectivity index is 1.89. The molecule has 0 spiro atoms. The molecule has 18 heavy (non-hydrogen) atoms. The van der Waals surface area contributed by atoms with Gasteiger partial charge in [-0.3, -0.25) is 0 Å². The van der Waals surface area contributed by atoms with Crippen molar-refractivity contribution in [2.45, 2.75) is 45.8 Å². The van der Waals surface area contributed by atoms with E-state index in [1.807, 2.05) is 6.20 Å². The Labute approximate surface area is 108 Å². The largest absolute Gasteiger partial charge is 0.354 e. The molecule has 4 nitrogen and oxygen atoms in total. The summed E-state index contributed by atoms with van der Waals surface area (Å²) in [6.07, 6.45) is 10.2. The standard InChI is InChI=1S/C14H22N4/c1-3-8-18-9-5-12(11-18)10-17-13(4-2)14-15-6-7-16-14/h5-7,9,11,13,17H,3-4,8,10H2,1-2H3,(H,15,16). The third-order valence-corrected chi connectivity index (χ3v) is 3.10. The Morgan fingerprint density at radius 2 is 2.33 bits per heavy atom. The zero-order chi connectivity index (χ0) is 12.8. The van der Waals surface area contributed by atoms with E-state index in [1.54, 1.807) is 6.20 Å². The molecule has 0 aliphatic heterocycles. The number of aromatic nitrogens is 3. The van der Waals surface area contributed by atoms with Gasteiger partial charge in [-0.05, 0) is 24.5 Å². The Morgan fingerprint density at radius 3 is 3.00 bits per heavy atom. The van der Waals surface area contributed by atoms with Gasteiger partial charge in [-0.1, -0.05) is 13.8 Å². The second kappa shape index (κ2) is 6.40. The third kappa shape index (κ3) is 3.23. The van der Waals surface area contributed by atoms with Gasteiger partial charge in [0.2, 0.25) is 0 Å². The van der Waals surface area contributed by atoms with Gasteiger partial charge in [0.05, 0.1) is 6.04 Å². The molecule has 2 aromatic rings. The van der Waals surface area contributed by atoms with Gasteiger partial charge in [0.25, 0.3) is 0 Å². The summed E-state index contributed by atoms with van der Waals surface area (Å²) < 4.78 is 2.24. The molecule has 0 aliphatic rings. The predicted octanol–water partition coefficient (Wildman–Crippen LogP) is 2.86. The van der Waals surface area contributed by atoms with Crippen LogP contribution in [0.1, 0.15) is 44.1 Å². The third-order valence-electron chi connectivity index (χ3n) is 3.10. The van der Waals surface area contributed by atoms with Crippen molar-refractivity contribution in [3.8, 4) is 0 Å². The number of nitrogens with one attached hydrogen (secondary N) is 2. The van der Waals surface area contributed by atoms with E-state index >= 15 is 0 Å². The van der Waals surface area contributed by atoms with Gasteiger partial charge in [0.15, 0.2) is 0 Å². The van der Waals surface area contributed by atoms with Gasteiger partial charge in [0.1, 0.15) is 5.82 Å². The minimum absolute atomic E-state index is 0.300. The van der Waals surface area contributed by atoms with E-state index < -0.39 is 0 Å². The van der Waals surface area contributed by atoms with Crippen LogP contribution in [0.4, 0.5) is 0 Å². The van der Waals surface area contributed by atoms with Gasteiger partial charge in [-0.25, -0.2) is 4.98 Å². The molecule has 0 aromatic carbocycles. The van der Waals surface area contributed by atoms with E-state index in [2.05, 4.69) is 52.2 Å². The smallest absolute Gasteiger partial charge is 0.123 e. The van der Waals surface area contributed by atoms with Crippen LogP contribution in [0.15, 0.2) is 30.9 Å². The number of aryl methyl sites for hydroxylation is 1. The molecule has 4 heteroatoms. The maximum absolute atomic E-state index is 4.31. The zero-order valence-corrected chi connectivity index (χ0v) is 11.2. The molecule has 0 fully saturated rings. The molecule has 0 amide bonds. The lowest BCUT2D eigenvalue weighted by Gasteiger charge is -2.13. The minimum atomic E-state index is 0.300. The van der Waals surface area contributed by atoms with Crippen molar-refractivity contribution in [2.75, 3.05) is 0 Å². The highest BCUT2D eigenvalue weighted by Gasteiger charge is 2.10. The van der Waals surface area contributed by atoms with Crippen molar-refractivity contribution in [3.05, 3.63) is 42.2 Å². The molecule has 1 unspecified atom stereocenters. The summed E-state index contributed by atoms with van der Waals surface area (Å²) in [5, 5.41) is 3.54. The number of rotatable bonds is 7. The molecule has 2 heterocycles. The highest BCUT2D eigenvalue weighted by atomic mass is 15.0. The summed E-state index contributed by atoms with van der Waals surface area (Å²) in [5.41, 5.74) is 1.33. The Bertz CT molecular complexity index is 444. The summed E-state index contributed by atoms with van der Waals surface area (Å²) in [6.45, 7) is 6.34. The van der Waals surface area contributed by atoms with Crippen LogP contribution in [0.25, 0.3) is 0 Å². The van der Waals surface area contributed by atoms with Crippen molar-refractivity contribution in [1.29, 1.82) is 0 Å². The van der Waals surface area contributed by atoms with Gasteiger partial charge in [-0.2, -0.15) is 0 Å². The van der Waals surface area contributed by atoms with E-state index in [0.29, 0.717) is 6.04 Å². The monoisotopic (exact) mass is 246 g/mol. The molecule has 0 radical (unpaired) electrons. The molecule has 2 N–H and O–H groups in total. The van der Waals surface area contributed by atoms with E-state index in [9.17, 15) is 0 Å². The second-order valence-corrected chi connectivity index (χ2v) is 4.57. The maximum atomic E-state index is 4.31. The van der Waals surface area contributed by atoms with Gasteiger partial charge in [0, 0.05) is 37.9 Å². The molecule has 2 aromatic heterocycles. The summed E-state index contributed by atoms with van der Waals surface area (Å²) in [5.74, 6) is 1.02. The number of hydrogen-bond acceptors (Lipinski definition) is 2. The molecule has 98 valence electrons. The summed E-state index contributed by atoms with van der Waals surface area (Å²) >= 11 is 0. The van der Waals surface area contributed by atoms with Crippen LogP contribution < -0.4 is 5.32 Å². The van der Waals surface area contributed by atoms with Crippen molar-refractivity contribution < 1.29 is 0 Å². The molecule has 2 rings (SSSR count). The van der Waals surface area contributed by atoms with Gasteiger partial charge >= 0.3 is 0 Å². The normalized spacial score (nSPS) is 12.8. The number of imidazole rings is 1. The van der Waals surface area contributed by atoms with Crippen LogP contribution >= 0.6 is 0 Å². The molecular weight excluding hydrogens is 224 g/mol. The highest BCUT2D eigenvalue weighted by Crippen LogP contribution is 2.12. The zero-order valence-electron chi connectivity index (χ0n) is 11.2. The topological polar surface area (TPSA) is 45.6 Å². The first-order valence-electron chi connectivity index (χ1n) is 6.70. The van der Waals surface area contributed by atoms with Crippen LogP contribution in [0.5, 0.6) is 0 Å². The molecule has 0 bridgehead atoms. The summed E-state index contributed by atoms with van der Waals surface area (Å²) in [6, 6.07) is 2.48. The van der Waals surface area contributed by atoms with Crippen LogP contribution in [-0.2, 0) is 13.1 Å². The molecule has 0 aliphatic carbocycles. The van der Waals surface area contributed by atoms with E-state index in [1.165, 1.54) is 12.0 Å². The number of aromatic amines is 1. The number of hydrogen-bond donors (Lipinski definition) is 2. The van der Waals surface area contributed by atoms with Crippen LogP contribution in [0.3, 0.4) is 0 Å². The van der Waals surface area contributed by atoms with Crippen LogP contribution in [-0.4, -0.2) is 14.5 Å². The van der Waals surface area contributed by atoms with Crippen molar-refractivity contribution in [1.82, 2.24) is 19.9 Å². The molecule has 1 atom stereocenters. The first kappa shape index (κ1) is 12.9. The van der Waals surface area contributed by atoms with Crippen molar-refractivity contribution >= 4 is 0 Å². The number of H-pyrrole nitrogens is 1. The van der Waals surface area contributed by atoms with Gasteiger partial charge < -0.3 is 14.9 Å². The predicted molar refractivity (Wildman–Crippen MR) is 73.2 cm³/mol. The second-order valence-electron chi connectivity index (χ2n) is 4.57. The molecule has 0 saturated carbocycles. The van der Waals surface area contributed by atoms with E-state index in [0.717, 1.165) is 25.3 Å². The Morgan fingerprint density at radius 1 is 1.44 bits per heavy atom. The average molecular weight is 246 g/mol. The first-order chi connectivity index (χ1) is 8.83. The minimum Gasteiger partial charge on any atom is -0.354 e. The van der Waals surface area contributed by atoms with Crippen LogP contribution in [0.2, 0.25) is 0 Å². The van der Waals surface area contributed by atoms with E-state index in [4.69, 9.17) is 0 Å². The summed E-state index contributed by atoms with van der Waals surface area (Å²) in [7, 11) is 0. The fourth-order valence-corrected chi connectivity index (χ4v) is 2.14. The SMILES string of the molecule is CCCn1ccc(CNC(CC)c2ncc[nH]2)c1. The Hall–Kier alpha value is -1.55. The van der Waals surface area contributed by atoms with Crippen LogP contribution in [0, 0.1) is 0 Å². The lowest BCUT2D eigenvalue weighted by atomic mass is 10.2. The Kier molecular flexibility index (Phi) is 4.59. The average Bonchev–Trinajstić information content (AvgIpc) is 3.02. The lowest BCUT2D eigenvalue weighted by Crippen LogP contribution is -2.21. The van der Waals surface area contributed by atoms with E-state index in [-0.39, 0.29) is 0 Å². The first-order valence-corrected chi connectivity index (χ1v) is 6.70. The molecule has 0 saturated heterocycles. The number of nitrogens with zero attached hydrogens (tertiary/aromatic N) is 2. The summed E-state index contributed by atoms with van der Waals surface area (Å²) in [4.78, 5) is 7.48. The van der Waals surface area contributed by atoms with Crippen molar-refractivity contribution in [2.24, 2.45) is 0 Å². The fourth-order valence-electron chi connectivity index (χ4n) is 2.14. The van der Waals surface area contributed by atoms with Gasteiger partial charge in [-0.15, -0.1) is 0 Å². The maximum Gasteiger partial charge on any atom is 0.123 e. The highest BCUT2D eigenvalue weighted by molar-refractivity contribution is 5.10. The van der Waals surface area contributed by atoms with Crippen molar-refractivity contribution in [3.63, 3.8) is 0 Å². The molecular formula is C14H22N4. The quantitative estimate of drug-likeness (QED) is 0.789. The lowest BCUT2D eigenvalue weighted by molar-refractivity contribution is 0.497. The fraction of sp³-hybridized carbons (Fsp3) is 0.500.